The molecule has 94 valence electrons. The Kier molecular flexibility index (Phi) is 4.83. The molecule has 2 N–H and O–H groups in total. The summed E-state index contributed by atoms with van der Waals surface area (Å²) in [6.07, 6.45) is 0.686. The van der Waals surface area contributed by atoms with Crippen LogP contribution in [0.15, 0.2) is 16.6 Å². The standard InChI is InChI=1S/C10H13BrFN3O2/c1-14(4-2-3-13)9-6-8(12)7(11)5-10(9)15(16)17/h5-6H,2-4,13H2,1H3. The summed E-state index contributed by atoms with van der Waals surface area (Å²) in [5.41, 5.74) is 5.49. The lowest BCUT2D eigenvalue weighted by Crippen LogP contribution is -2.22. The second kappa shape index (κ2) is 5.92. The number of anilines is 1. The van der Waals surface area contributed by atoms with Crippen LogP contribution in [0.5, 0.6) is 0 Å². The molecule has 0 saturated heterocycles. The molecule has 1 aromatic rings. The van der Waals surface area contributed by atoms with Gasteiger partial charge in [-0.15, -0.1) is 0 Å². The van der Waals surface area contributed by atoms with Gasteiger partial charge in [0.15, 0.2) is 0 Å². The molecule has 0 aliphatic rings. The molecule has 0 heterocycles. The minimum atomic E-state index is -0.529. The first-order chi connectivity index (χ1) is 7.97. The predicted octanol–water partition coefficient (Wildman–Crippen LogP) is 2.28. The number of nitro benzene ring substituents is 1. The Bertz CT molecular complexity index is 428. The number of hydrogen-bond acceptors (Lipinski definition) is 4. The highest BCUT2D eigenvalue weighted by Crippen LogP contribution is 2.32. The van der Waals surface area contributed by atoms with E-state index in [1.807, 2.05) is 0 Å². The summed E-state index contributed by atoms with van der Waals surface area (Å²) in [7, 11) is 1.67. The largest absolute Gasteiger partial charge is 0.369 e. The van der Waals surface area contributed by atoms with Crippen molar-refractivity contribution in [1.82, 2.24) is 0 Å². The fraction of sp³-hybridized carbons (Fsp3) is 0.400. The second-order valence-corrected chi connectivity index (χ2v) is 4.43. The third-order valence-corrected chi connectivity index (χ3v) is 2.93. The van der Waals surface area contributed by atoms with Crippen LogP contribution < -0.4 is 10.6 Å². The Hall–Kier alpha value is -1.21. The molecule has 5 nitrogen and oxygen atoms in total. The molecule has 0 aliphatic carbocycles. The summed E-state index contributed by atoms with van der Waals surface area (Å²) >= 11 is 2.93. The molecule has 7 heteroatoms. The average Bonchev–Trinajstić information content (AvgIpc) is 2.28. The molecule has 0 atom stereocenters. The van der Waals surface area contributed by atoms with E-state index in [-0.39, 0.29) is 15.8 Å². The first-order valence-corrected chi connectivity index (χ1v) is 5.81. The van der Waals surface area contributed by atoms with Crippen LogP contribution in [0.25, 0.3) is 0 Å². The smallest absolute Gasteiger partial charge is 0.293 e. The molecule has 1 rings (SSSR count). The van der Waals surface area contributed by atoms with Crippen molar-refractivity contribution in [2.45, 2.75) is 6.42 Å². The van der Waals surface area contributed by atoms with Crippen LogP contribution in [0, 0.1) is 15.9 Å². The summed E-state index contributed by atoms with van der Waals surface area (Å²) in [6.45, 7) is 1.02. The van der Waals surface area contributed by atoms with E-state index in [1.165, 1.54) is 6.07 Å². The Morgan fingerprint density at radius 2 is 2.24 bits per heavy atom. The zero-order valence-corrected chi connectivity index (χ0v) is 10.9. The van der Waals surface area contributed by atoms with E-state index in [4.69, 9.17) is 5.73 Å². The highest BCUT2D eigenvalue weighted by molar-refractivity contribution is 9.10. The maximum Gasteiger partial charge on any atom is 0.293 e. The van der Waals surface area contributed by atoms with Gasteiger partial charge in [-0.3, -0.25) is 10.1 Å². The van der Waals surface area contributed by atoms with Gasteiger partial charge in [-0.1, -0.05) is 0 Å². The molecule has 0 saturated carbocycles. The van der Waals surface area contributed by atoms with Gasteiger partial charge in [0.25, 0.3) is 5.69 Å². The van der Waals surface area contributed by atoms with E-state index in [9.17, 15) is 14.5 Å². The lowest BCUT2D eigenvalue weighted by molar-refractivity contribution is -0.384. The van der Waals surface area contributed by atoms with Gasteiger partial charge in [-0.2, -0.15) is 0 Å². The number of rotatable bonds is 5. The van der Waals surface area contributed by atoms with Gasteiger partial charge in [-0.25, -0.2) is 4.39 Å². The van der Waals surface area contributed by atoms with Crippen LogP contribution >= 0.6 is 15.9 Å². The van der Waals surface area contributed by atoms with Gasteiger partial charge < -0.3 is 10.6 Å². The molecular formula is C10H13BrFN3O2. The van der Waals surface area contributed by atoms with Crippen molar-refractivity contribution in [3.05, 3.63) is 32.5 Å². The minimum absolute atomic E-state index is 0.0835. The Morgan fingerprint density at radius 1 is 1.59 bits per heavy atom. The molecule has 0 aliphatic heterocycles. The lowest BCUT2D eigenvalue weighted by Gasteiger charge is -2.19. The molecule has 0 amide bonds. The molecular weight excluding hydrogens is 293 g/mol. The van der Waals surface area contributed by atoms with Gasteiger partial charge in [0.1, 0.15) is 11.5 Å². The van der Waals surface area contributed by atoms with Crippen molar-refractivity contribution in [2.24, 2.45) is 5.73 Å². The van der Waals surface area contributed by atoms with Gasteiger partial charge in [0, 0.05) is 25.7 Å². The number of hydrogen-bond donors (Lipinski definition) is 1. The van der Waals surface area contributed by atoms with Crippen LogP contribution in [0.2, 0.25) is 0 Å². The second-order valence-electron chi connectivity index (χ2n) is 3.58. The third kappa shape index (κ3) is 3.37. The van der Waals surface area contributed by atoms with Gasteiger partial charge >= 0.3 is 0 Å². The molecule has 0 spiro atoms. The molecule has 0 unspecified atom stereocenters. The average molecular weight is 306 g/mol. The molecule has 0 aromatic heterocycles. The number of nitrogens with two attached hydrogens (primary N) is 1. The van der Waals surface area contributed by atoms with Gasteiger partial charge in [-0.05, 0) is 28.9 Å². The summed E-state index contributed by atoms with van der Waals surface area (Å²) in [5.74, 6) is -0.523. The van der Waals surface area contributed by atoms with E-state index in [0.717, 1.165) is 6.07 Å². The number of nitrogens with zero attached hydrogens (tertiary/aromatic N) is 2. The fourth-order valence-electron chi connectivity index (χ4n) is 1.43. The van der Waals surface area contributed by atoms with Crippen molar-refractivity contribution in [3.8, 4) is 0 Å². The Labute approximate surface area is 107 Å². The highest BCUT2D eigenvalue weighted by atomic mass is 79.9. The van der Waals surface area contributed by atoms with Crippen molar-refractivity contribution < 1.29 is 9.31 Å². The van der Waals surface area contributed by atoms with E-state index in [0.29, 0.717) is 19.5 Å². The van der Waals surface area contributed by atoms with Crippen LogP contribution in [0.4, 0.5) is 15.8 Å². The number of halogens is 2. The van der Waals surface area contributed by atoms with Crippen LogP contribution in [-0.2, 0) is 0 Å². The zero-order chi connectivity index (χ0) is 13.0. The highest BCUT2D eigenvalue weighted by Gasteiger charge is 2.20. The van der Waals surface area contributed by atoms with Crippen molar-refractivity contribution in [2.75, 3.05) is 25.0 Å². The molecule has 0 fully saturated rings. The molecule has 0 radical (unpaired) electrons. The fourth-order valence-corrected chi connectivity index (χ4v) is 1.76. The number of benzene rings is 1. The van der Waals surface area contributed by atoms with E-state index in [1.54, 1.807) is 11.9 Å². The monoisotopic (exact) mass is 305 g/mol. The summed E-state index contributed by atoms with van der Waals surface area (Å²) < 4.78 is 13.5. The lowest BCUT2D eigenvalue weighted by atomic mass is 10.2. The van der Waals surface area contributed by atoms with Crippen molar-refractivity contribution in [3.63, 3.8) is 0 Å². The van der Waals surface area contributed by atoms with Gasteiger partial charge in [0.2, 0.25) is 0 Å². The topological polar surface area (TPSA) is 72.4 Å². The first-order valence-electron chi connectivity index (χ1n) is 5.02. The summed E-state index contributed by atoms with van der Waals surface area (Å²) in [6, 6.07) is 2.32. The normalized spacial score (nSPS) is 10.4. The Morgan fingerprint density at radius 3 is 2.76 bits per heavy atom. The van der Waals surface area contributed by atoms with Crippen LogP contribution in [0.1, 0.15) is 6.42 Å². The zero-order valence-electron chi connectivity index (χ0n) is 9.32. The molecule has 1 aromatic carbocycles. The predicted molar refractivity (Wildman–Crippen MR) is 67.7 cm³/mol. The van der Waals surface area contributed by atoms with Gasteiger partial charge in [0.05, 0.1) is 9.40 Å². The van der Waals surface area contributed by atoms with E-state index in [2.05, 4.69) is 15.9 Å². The Balaban J connectivity index is 3.11. The van der Waals surface area contributed by atoms with Crippen LogP contribution in [-0.4, -0.2) is 25.1 Å². The number of nitro groups is 1. The minimum Gasteiger partial charge on any atom is -0.369 e. The third-order valence-electron chi connectivity index (χ3n) is 2.32. The van der Waals surface area contributed by atoms with Crippen LogP contribution in [0.3, 0.4) is 0 Å². The van der Waals surface area contributed by atoms with Crippen molar-refractivity contribution in [1.29, 1.82) is 0 Å². The molecule has 0 bridgehead atoms. The SMILES string of the molecule is CN(CCCN)c1cc(F)c(Br)cc1[N+](=O)[O-]. The summed E-state index contributed by atoms with van der Waals surface area (Å²) in [4.78, 5) is 12.0. The summed E-state index contributed by atoms with van der Waals surface area (Å²) in [5, 5.41) is 10.9. The van der Waals surface area contributed by atoms with E-state index < -0.39 is 10.7 Å². The molecule has 17 heavy (non-hydrogen) atoms. The maximum atomic E-state index is 13.4. The quantitative estimate of drug-likeness (QED) is 0.669. The maximum absolute atomic E-state index is 13.4. The van der Waals surface area contributed by atoms with Crippen molar-refractivity contribution >= 4 is 27.3 Å². The van der Waals surface area contributed by atoms with E-state index >= 15 is 0 Å². The first kappa shape index (κ1) is 13.9.